The van der Waals surface area contributed by atoms with E-state index in [9.17, 15) is 5.11 Å². The summed E-state index contributed by atoms with van der Waals surface area (Å²) in [7, 11) is 1.66. The molecule has 2 aromatic heterocycles. The summed E-state index contributed by atoms with van der Waals surface area (Å²) in [6.07, 6.45) is 9.52. The molecule has 8 heteroatoms. The van der Waals surface area contributed by atoms with E-state index in [0.29, 0.717) is 24.9 Å². The maximum absolute atomic E-state index is 9.86. The molecule has 0 radical (unpaired) electrons. The molecule has 0 aliphatic heterocycles. The summed E-state index contributed by atoms with van der Waals surface area (Å²) >= 11 is 0. The summed E-state index contributed by atoms with van der Waals surface area (Å²) in [6.45, 7) is 6.56. The van der Waals surface area contributed by atoms with Crippen molar-refractivity contribution in [3.8, 4) is 5.88 Å². The van der Waals surface area contributed by atoms with Crippen LogP contribution in [0.2, 0.25) is 0 Å². The number of ether oxygens (including phenoxy) is 2. The predicted molar refractivity (Wildman–Crippen MR) is 120 cm³/mol. The molecule has 31 heavy (non-hydrogen) atoms. The number of rotatable bonds is 6. The number of aliphatic hydroxyl groups excluding tert-OH is 2. The highest BCUT2D eigenvalue weighted by molar-refractivity contribution is 5.83. The lowest BCUT2D eigenvalue weighted by Crippen LogP contribution is -2.56. The Morgan fingerprint density at radius 2 is 1.94 bits per heavy atom. The maximum atomic E-state index is 9.86. The van der Waals surface area contributed by atoms with Crippen molar-refractivity contribution in [3.05, 3.63) is 18.5 Å². The number of anilines is 1. The molecule has 0 saturated heterocycles. The largest absolute Gasteiger partial charge is 0.473 e. The lowest BCUT2D eigenvalue weighted by Gasteiger charge is -2.48. The average Bonchev–Trinajstić information content (AvgIpc) is 2.74. The van der Waals surface area contributed by atoms with Crippen molar-refractivity contribution >= 4 is 16.9 Å². The van der Waals surface area contributed by atoms with Gasteiger partial charge >= 0.3 is 0 Å². The third-order valence-electron chi connectivity index (χ3n) is 6.22. The standard InChI is InChI=1S/C17H24N4O3.C6H12O/c1-10(9-23-4)20-16-19-8-11-12(21-16)5-6-18-15(11)24-14-7-13(22)17(14,2)3;7-6-4-2-1-3-5-6/h5-6,8,10,13-14,22H,7,9H2,1-4H3,(H,19,20,21);6-7H,1-5H2/t10?,13-,14+;/m1./s1. The van der Waals surface area contributed by atoms with E-state index in [1.165, 1.54) is 19.3 Å². The van der Waals surface area contributed by atoms with Crippen molar-refractivity contribution in [2.75, 3.05) is 19.0 Å². The van der Waals surface area contributed by atoms with Gasteiger partial charge in [-0.15, -0.1) is 0 Å². The number of aromatic nitrogens is 3. The SMILES string of the molecule is COCC(C)Nc1ncc2c(O[C@H]3C[C@@H](O)C3(C)C)nccc2n1.OC1CCCCC1. The summed E-state index contributed by atoms with van der Waals surface area (Å²) in [5.41, 5.74) is 0.488. The van der Waals surface area contributed by atoms with Crippen LogP contribution >= 0.6 is 0 Å². The van der Waals surface area contributed by atoms with Gasteiger partial charge in [-0.2, -0.15) is 0 Å². The van der Waals surface area contributed by atoms with Crippen LogP contribution < -0.4 is 10.1 Å². The Kier molecular flexibility index (Phi) is 8.02. The van der Waals surface area contributed by atoms with Crippen LogP contribution in [0.1, 0.15) is 59.3 Å². The summed E-state index contributed by atoms with van der Waals surface area (Å²) in [5, 5.41) is 22.7. The topological polar surface area (TPSA) is 110 Å². The molecule has 8 nitrogen and oxygen atoms in total. The number of methoxy groups -OCH3 is 1. The van der Waals surface area contributed by atoms with Gasteiger partial charge in [0.2, 0.25) is 11.8 Å². The molecule has 1 unspecified atom stereocenters. The first-order valence-electron chi connectivity index (χ1n) is 11.2. The second-order valence-electron chi connectivity index (χ2n) is 9.21. The third-order valence-corrected chi connectivity index (χ3v) is 6.22. The van der Waals surface area contributed by atoms with Crippen LogP contribution in [0.5, 0.6) is 5.88 Å². The number of hydrogen-bond acceptors (Lipinski definition) is 8. The van der Waals surface area contributed by atoms with Crippen LogP contribution in [-0.2, 0) is 4.74 Å². The van der Waals surface area contributed by atoms with Gasteiger partial charge < -0.3 is 25.0 Å². The Hall–Kier alpha value is -2.03. The highest BCUT2D eigenvalue weighted by Gasteiger charge is 2.49. The minimum absolute atomic E-state index is 0.0359. The maximum Gasteiger partial charge on any atom is 0.224 e. The highest BCUT2D eigenvalue weighted by Crippen LogP contribution is 2.43. The zero-order chi connectivity index (χ0) is 22.4. The minimum atomic E-state index is -0.341. The molecule has 172 valence electrons. The second-order valence-corrected chi connectivity index (χ2v) is 9.21. The van der Waals surface area contributed by atoms with E-state index < -0.39 is 0 Å². The number of pyridine rings is 1. The molecule has 0 spiro atoms. The van der Waals surface area contributed by atoms with Gasteiger partial charge in [-0.3, -0.25) is 0 Å². The molecule has 2 fully saturated rings. The first kappa shape index (κ1) is 23.6. The van der Waals surface area contributed by atoms with Crippen LogP contribution in [0.15, 0.2) is 18.5 Å². The van der Waals surface area contributed by atoms with Crippen LogP contribution in [0.4, 0.5) is 5.95 Å². The fraction of sp³-hybridized carbons (Fsp3) is 0.696. The Morgan fingerprint density at radius 3 is 2.52 bits per heavy atom. The zero-order valence-corrected chi connectivity index (χ0v) is 19.0. The summed E-state index contributed by atoms with van der Waals surface area (Å²) in [4.78, 5) is 13.2. The predicted octanol–water partition coefficient (Wildman–Crippen LogP) is 3.32. The number of aliphatic hydroxyl groups is 2. The van der Waals surface area contributed by atoms with Crippen LogP contribution in [0.3, 0.4) is 0 Å². The van der Waals surface area contributed by atoms with Crippen molar-refractivity contribution in [1.82, 2.24) is 15.0 Å². The fourth-order valence-corrected chi connectivity index (χ4v) is 3.89. The Bertz CT molecular complexity index is 841. The molecule has 3 N–H and O–H groups in total. The smallest absolute Gasteiger partial charge is 0.224 e. The van der Waals surface area contributed by atoms with Gasteiger partial charge in [-0.25, -0.2) is 15.0 Å². The van der Waals surface area contributed by atoms with Gasteiger partial charge in [0, 0.05) is 37.4 Å². The van der Waals surface area contributed by atoms with E-state index in [1.54, 1.807) is 19.5 Å². The molecule has 2 aromatic rings. The van der Waals surface area contributed by atoms with Crippen molar-refractivity contribution in [3.63, 3.8) is 0 Å². The summed E-state index contributed by atoms with van der Waals surface area (Å²) in [6, 6.07) is 1.94. The molecular weight excluding hydrogens is 396 g/mol. The van der Waals surface area contributed by atoms with Crippen molar-refractivity contribution in [2.45, 2.75) is 83.6 Å². The van der Waals surface area contributed by atoms with Crippen molar-refractivity contribution in [2.24, 2.45) is 5.41 Å². The highest BCUT2D eigenvalue weighted by atomic mass is 16.5. The van der Waals surface area contributed by atoms with Crippen LogP contribution in [0, 0.1) is 5.41 Å². The molecule has 3 atom stereocenters. The quantitative estimate of drug-likeness (QED) is 0.638. The van der Waals surface area contributed by atoms with Gasteiger partial charge in [0.15, 0.2) is 0 Å². The normalized spacial score (nSPS) is 23.9. The first-order chi connectivity index (χ1) is 14.8. The van der Waals surface area contributed by atoms with Gasteiger partial charge in [-0.1, -0.05) is 33.1 Å². The molecule has 4 rings (SSSR count). The lowest BCUT2D eigenvalue weighted by atomic mass is 9.66. The Balaban J connectivity index is 0.000000330. The van der Waals surface area contributed by atoms with Crippen molar-refractivity contribution < 1.29 is 19.7 Å². The number of fused-ring (bicyclic) bond motifs is 1. The summed E-state index contributed by atoms with van der Waals surface area (Å²) in [5.74, 6) is 1.05. The second kappa shape index (κ2) is 10.5. The molecule has 2 saturated carbocycles. The van der Waals surface area contributed by atoms with E-state index in [4.69, 9.17) is 14.6 Å². The summed E-state index contributed by atoms with van der Waals surface area (Å²) < 4.78 is 11.1. The molecule has 2 heterocycles. The van der Waals surface area contributed by atoms with Crippen molar-refractivity contribution in [1.29, 1.82) is 0 Å². The zero-order valence-electron chi connectivity index (χ0n) is 19.0. The van der Waals surface area contributed by atoms with E-state index in [-0.39, 0.29) is 29.8 Å². The Labute approximate surface area is 184 Å². The monoisotopic (exact) mass is 432 g/mol. The molecule has 0 bridgehead atoms. The van der Waals surface area contributed by atoms with Gasteiger partial charge in [0.05, 0.1) is 29.7 Å². The number of hydrogen-bond donors (Lipinski definition) is 3. The lowest BCUT2D eigenvalue weighted by molar-refractivity contribution is -0.135. The number of nitrogens with one attached hydrogen (secondary N) is 1. The van der Waals surface area contributed by atoms with Gasteiger partial charge in [0.25, 0.3) is 0 Å². The van der Waals surface area contributed by atoms with E-state index in [2.05, 4.69) is 20.3 Å². The van der Waals surface area contributed by atoms with Gasteiger partial charge in [0.1, 0.15) is 6.10 Å². The molecule has 2 aliphatic carbocycles. The van der Waals surface area contributed by atoms with E-state index >= 15 is 0 Å². The fourth-order valence-electron chi connectivity index (χ4n) is 3.89. The molecule has 2 aliphatic rings. The average molecular weight is 433 g/mol. The molecule has 0 amide bonds. The minimum Gasteiger partial charge on any atom is -0.473 e. The first-order valence-corrected chi connectivity index (χ1v) is 11.2. The van der Waals surface area contributed by atoms with Crippen LogP contribution in [0.25, 0.3) is 10.9 Å². The van der Waals surface area contributed by atoms with Gasteiger partial charge in [-0.05, 0) is 25.8 Å². The molecular formula is C23H36N4O4. The number of nitrogens with zero attached hydrogens (tertiary/aromatic N) is 3. The third kappa shape index (κ3) is 6.02. The van der Waals surface area contributed by atoms with E-state index in [1.807, 2.05) is 26.8 Å². The molecule has 0 aromatic carbocycles. The Morgan fingerprint density at radius 1 is 1.19 bits per heavy atom. The van der Waals surface area contributed by atoms with E-state index in [0.717, 1.165) is 23.7 Å². The van der Waals surface area contributed by atoms with Crippen LogP contribution in [-0.4, -0.2) is 63.2 Å².